The second-order valence-electron chi connectivity index (χ2n) is 3.94. The summed E-state index contributed by atoms with van der Waals surface area (Å²) in [6.07, 6.45) is 2.47. The first-order valence-electron chi connectivity index (χ1n) is 5.56. The quantitative estimate of drug-likeness (QED) is 0.725. The first-order valence-corrected chi connectivity index (χ1v) is 6.95. The number of carboxylic acids is 1. The van der Waals surface area contributed by atoms with Crippen LogP contribution in [0.25, 0.3) is 0 Å². The van der Waals surface area contributed by atoms with E-state index in [0.29, 0.717) is 12.2 Å². The standard InChI is InChI=1S/C11H19N3O3S/c1-8(4-6-12)14(2)11(17)13-9(10(15)16)5-7-18-3/h8-9H,4-5,7H2,1-3H3,(H,13,17)(H,15,16). The van der Waals surface area contributed by atoms with Gasteiger partial charge in [0.15, 0.2) is 0 Å². The summed E-state index contributed by atoms with van der Waals surface area (Å²) in [5.74, 6) is -0.381. The molecule has 0 radical (unpaired) electrons. The van der Waals surface area contributed by atoms with Crippen molar-refractivity contribution in [3.63, 3.8) is 0 Å². The Morgan fingerprint density at radius 3 is 2.61 bits per heavy atom. The number of aliphatic carboxylic acids is 1. The van der Waals surface area contributed by atoms with Gasteiger partial charge in [-0.3, -0.25) is 0 Å². The summed E-state index contributed by atoms with van der Waals surface area (Å²) >= 11 is 1.53. The lowest BCUT2D eigenvalue weighted by atomic mass is 10.2. The molecule has 0 fully saturated rings. The number of hydrogen-bond donors (Lipinski definition) is 2. The van der Waals surface area contributed by atoms with E-state index in [2.05, 4.69) is 5.32 Å². The Bertz CT molecular complexity index is 330. The smallest absolute Gasteiger partial charge is 0.326 e. The molecule has 0 rings (SSSR count). The molecule has 2 atom stereocenters. The normalized spacial score (nSPS) is 13.2. The van der Waals surface area contributed by atoms with Gasteiger partial charge in [0.1, 0.15) is 6.04 Å². The van der Waals surface area contributed by atoms with Crippen LogP contribution in [0.4, 0.5) is 4.79 Å². The van der Waals surface area contributed by atoms with E-state index >= 15 is 0 Å². The SMILES string of the molecule is CSCCC(NC(=O)N(C)C(C)CC#N)C(=O)O. The van der Waals surface area contributed by atoms with Crippen LogP contribution in [0.2, 0.25) is 0 Å². The topological polar surface area (TPSA) is 93.4 Å². The molecule has 2 amide bonds. The predicted molar refractivity (Wildman–Crippen MR) is 70.4 cm³/mol. The van der Waals surface area contributed by atoms with E-state index in [-0.39, 0.29) is 12.5 Å². The van der Waals surface area contributed by atoms with Gasteiger partial charge < -0.3 is 15.3 Å². The zero-order chi connectivity index (χ0) is 14.1. The molecule has 2 unspecified atom stereocenters. The van der Waals surface area contributed by atoms with E-state index in [0.717, 1.165) is 0 Å². The second-order valence-corrected chi connectivity index (χ2v) is 4.93. The van der Waals surface area contributed by atoms with E-state index in [1.807, 2.05) is 12.3 Å². The molecule has 7 heteroatoms. The first-order chi connectivity index (χ1) is 8.43. The van der Waals surface area contributed by atoms with Crippen LogP contribution in [0.5, 0.6) is 0 Å². The van der Waals surface area contributed by atoms with Crippen molar-refractivity contribution >= 4 is 23.8 Å². The average molecular weight is 273 g/mol. The molecule has 102 valence electrons. The minimum atomic E-state index is -1.04. The molecule has 0 aliphatic rings. The van der Waals surface area contributed by atoms with Gasteiger partial charge in [-0.15, -0.1) is 0 Å². The summed E-state index contributed by atoms with van der Waals surface area (Å²) in [5, 5.41) is 20.0. The largest absolute Gasteiger partial charge is 0.480 e. The van der Waals surface area contributed by atoms with Gasteiger partial charge >= 0.3 is 12.0 Å². The minimum absolute atomic E-state index is 0.215. The highest BCUT2D eigenvalue weighted by Gasteiger charge is 2.23. The maximum atomic E-state index is 11.8. The van der Waals surface area contributed by atoms with Crippen LogP contribution in [-0.4, -0.2) is 53.1 Å². The van der Waals surface area contributed by atoms with Crippen molar-refractivity contribution in [2.24, 2.45) is 0 Å². The van der Waals surface area contributed by atoms with Crippen molar-refractivity contribution in [1.29, 1.82) is 5.26 Å². The Hall–Kier alpha value is -1.42. The van der Waals surface area contributed by atoms with Crippen LogP contribution >= 0.6 is 11.8 Å². The van der Waals surface area contributed by atoms with Crippen molar-refractivity contribution in [2.75, 3.05) is 19.1 Å². The molecule has 0 aromatic rings. The van der Waals surface area contributed by atoms with Gasteiger partial charge in [0.05, 0.1) is 12.5 Å². The maximum absolute atomic E-state index is 11.8. The molecule has 0 aromatic carbocycles. The minimum Gasteiger partial charge on any atom is -0.480 e. The molecule has 0 aliphatic heterocycles. The van der Waals surface area contributed by atoms with Crippen LogP contribution in [0.1, 0.15) is 19.8 Å². The number of hydrogen-bond acceptors (Lipinski definition) is 4. The number of carboxylic acid groups (broad SMARTS) is 1. The van der Waals surface area contributed by atoms with E-state index < -0.39 is 18.0 Å². The Balaban J connectivity index is 4.41. The highest BCUT2D eigenvalue weighted by Crippen LogP contribution is 2.04. The molecule has 18 heavy (non-hydrogen) atoms. The van der Waals surface area contributed by atoms with Crippen molar-refractivity contribution < 1.29 is 14.7 Å². The lowest BCUT2D eigenvalue weighted by molar-refractivity contribution is -0.139. The summed E-state index contributed by atoms with van der Waals surface area (Å²) < 4.78 is 0. The molecular formula is C11H19N3O3S. The number of carbonyl (C=O) groups excluding carboxylic acids is 1. The van der Waals surface area contributed by atoms with Crippen LogP contribution < -0.4 is 5.32 Å². The monoisotopic (exact) mass is 273 g/mol. The molecule has 6 nitrogen and oxygen atoms in total. The Kier molecular flexibility index (Phi) is 7.96. The van der Waals surface area contributed by atoms with Gasteiger partial charge in [0.25, 0.3) is 0 Å². The number of urea groups is 1. The van der Waals surface area contributed by atoms with Crippen molar-refractivity contribution in [2.45, 2.75) is 31.8 Å². The lowest BCUT2D eigenvalue weighted by Crippen LogP contribution is -2.49. The highest BCUT2D eigenvalue weighted by molar-refractivity contribution is 7.98. The molecule has 0 saturated carbocycles. The third-order valence-corrected chi connectivity index (χ3v) is 3.22. The predicted octanol–water partition coefficient (Wildman–Crippen LogP) is 1.14. The van der Waals surface area contributed by atoms with Crippen molar-refractivity contribution in [1.82, 2.24) is 10.2 Å². The Labute approximate surface area is 111 Å². The van der Waals surface area contributed by atoms with Crippen LogP contribution in [-0.2, 0) is 4.79 Å². The van der Waals surface area contributed by atoms with Gasteiger partial charge in [-0.2, -0.15) is 17.0 Å². The van der Waals surface area contributed by atoms with Gasteiger partial charge in [0, 0.05) is 13.1 Å². The molecule has 0 aliphatic carbocycles. The number of rotatable bonds is 7. The first kappa shape index (κ1) is 16.6. The van der Waals surface area contributed by atoms with Crippen LogP contribution in [0.3, 0.4) is 0 Å². The van der Waals surface area contributed by atoms with Gasteiger partial charge in [-0.25, -0.2) is 9.59 Å². The second kappa shape index (κ2) is 8.64. The van der Waals surface area contributed by atoms with Crippen molar-refractivity contribution in [3.05, 3.63) is 0 Å². The fraction of sp³-hybridized carbons (Fsp3) is 0.727. The fourth-order valence-corrected chi connectivity index (χ4v) is 1.68. The number of nitrogens with zero attached hydrogens (tertiary/aromatic N) is 2. The van der Waals surface area contributed by atoms with Gasteiger partial charge in [-0.05, 0) is 25.4 Å². The van der Waals surface area contributed by atoms with E-state index in [4.69, 9.17) is 10.4 Å². The van der Waals surface area contributed by atoms with E-state index in [1.54, 1.807) is 14.0 Å². The number of nitriles is 1. The molecular weight excluding hydrogens is 254 g/mol. The number of amides is 2. The molecule has 0 saturated heterocycles. The zero-order valence-electron chi connectivity index (χ0n) is 10.8. The molecule has 0 aromatic heterocycles. The van der Waals surface area contributed by atoms with Crippen LogP contribution in [0.15, 0.2) is 0 Å². The van der Waals surface area contributed by atoms with Gasteiger partial charge in [-0.1, -0.05) is 0 Å². The molecule has 0 bridgehead atoms. The maximum Gasteiger partial charge on any atom is 0.326 e. The summed E-state index contributed by atoms with van der Waals surface area (Å²) in [7, 11) is 1.55. The Morgan fingerprint density at radius 1 is 1.56 bits per heavy atom. The molecule has 0 spiro atoms. The molecule has 0 heterocycles. The van der Waals surface area contributed by atoms with E-state index in [9.17, 15) is 9.59 Å². The number of thioether (sulfide) groups is 1. The van der Waals surface area contributed by atoms with Crippen molar-refractivity contribution in [3.8, 4) is 6.07 Å². The average Bonchev–Trinajstić information content (AvgIpc) is 2.33. The van der Waals surface area contributed by atoms with Crippen LogP contribution in [0, 0.1) is 11.3 Å². The lowest BCUT2D eigenvalue weighted by Gasteiger charge is -2.25. The summed E-state index contributed by atoms with van der Waals surface area (Å²) in [5.41, 5.74) is 0. The summed E-state index contributed by atoms with van der Waals surface area (Å²) in [6.45, 7) is 1.74. The Morgan fingerprint density at radius 2 is 2.17 bits per heavy atom. The zero-order valence-corrected chi connectivity index (χ0v) is 11.7. The van der Waals surface area contributed by atoms with E-state index in [1.165, 1.54) is 16.7 Å². The van der Waals surface area contributed by atoms with Gasteiger partial charge in [0.2, 0.25) is 0 Å². The number of carbonyl (C=O) groups is 2. The summed E-state index contributed by atoms with van der Waals surface area (Å²) in [4.78, 5) is 24.1. The fourth-order valence-electron chi connectivity index (χ4n) is 1.21. The summed E-state index contributed by atoms with van der Waals surface area (Å²) in [6, 6.07) is 0.373. The molecule has 2 N–H and O–H groups in total. The number of nitrogens with one attached hydrogen (secondary N) is 1. The highest BCUT2D eigenvalue weighted by atomic mass is 32.2. The third kappa shape index (κ3) is 5.77. The third-order valence-electron chi connectivity index (χ3n) is 2.57.